The molecule has 0 atom stereocenters. The molecule has 0 spiro atoms. The fourth-order valence-corrected chi connectivity index (χ4v) is 2.28. The number of rotatable bonds is 3. The topological polar surface area (TPSA) is 39.7 Å². The predicted molar refractivity (Wildman–Crippen MR) is 63.1 cm³/mol. The Kier molecular flexibility index (Phi) is 3.83. The van der Waals surface area contributed by atoms with E-state index in [9.17, 15) is 0 Å². The van der Waals surface area contributed by atoms with E-state index in [1.165, 1.54) is 25.9 Å². The summed E-state index contributed by atoms with van der Waals surface area (Å²) < 4.78 is 0. The largest absolute Gasteiger partial charge is 0.356 e. The predicted octanol–water partition coefficient (Wildman–Crippen LogP) is 0.267. The molecule has 0 aromatic rings. The molecule has 0 unspecified atom stereocenters. The van der Waals surface area contributed by atoms with Gasteiger partial charge in [-0.15, -0.1) is 0 Å². The van der Waals surface area contributed by atoms with Crippen LogP contribution in [0.2, 0.25) is 0 Å². The van der Waals surface area contributed by atoms with Crippen LogP contribution in [0.5, 0.6) is 0 Å². The molecule has 4 heteroatoms. The van der Waals surface area contributed by atoms with E-state index in [4.69, 9.17) is 0 Å². The monoisotopic (exact) mass is 210 g/mol. The van der Waals surface area contributed by atoms with Gasteiger partial charge in [0.1, 0.15) is 0 Å². The van der Waals surface area contributed by atoms with Crippen LogP contribution in [0.15, 0.2) is 4.99 Å². The van der Waals surface area contributed by atoms with Crippen molar-refractivity contribution in [3.8, 4) is 0 Å². The molecule has 2 aliphatic rings. The minimum absolute atomic E-state index is 0.827. The van der Waals surface area contributed by atoms with E-state index >= 15 is 0 Å². The van der Waals surface area contributed by atoms with E-state index in [1.807, 2.05) is 0 Å². The Morgan fingerprint density at radius 3 is 3.00 bits per heavy atom. The molecule has 0 aromatic carbocycles. The Hall–Kier alpha value is -0.770. The van der Waals surface area contributed by atoms with Gasteiger partial charge in [0, 0.05) is 19.6 Å². The van der Waals surface area contributed by atoms with Gasteiger partial charge in [-0.2, -0.15) is 0 Å². The average Bonchev–Trinajstić information content (AvgIpc) is 2.75. The van der Waals surface area contributed by atoms with Crippen LogP contribution in [-0.2, 0) is 0 Å². The van der Waals surface area contributed by atoms with Gasteiger partial charge < -0.3 is 15.5 Å². The molecule has 2 N–H and O–H groups in total. The third kappa shape index (κ3) is 2.84. The summed E-state index contributed by atoms with van der Waals surface area (Å²) in [5.74, 6) is 1.95. The highest BCUT2D eigenvalue weighted by Gasteiger charge is 2.17. The van der Waals surface area contributed by atoms with Crippen molar-refractivity contribution in [2.75, 3.05) is 39.3 Å². The SMILES string of the molecule is CCN1CCN=C1NCC1CCNCC1. The highest BCUT2D eigenvalue weighted by molar-refractivity contribution is 5.81. The summed E-state index contributed by atoms with van der Waals surface area (Å²) in [7, 11) is 0. The van der Waals surface area contributed by atoms with Gasteiger partial charge in [-0.1, -0.05) is 0 Å². The molecule has 2 aliphatic heterocycles. The van der Waals surface area contributed by atoms with E-state index in [1.54, 1.807) is 0 Å². The lowest BCUT2D eigenvalue weighted by Gasteiger charge is -2.25. The van der Waals surface area contributed by atoms with E-state index < -0.39 is 0 Å². The molecule has 0 bridgehead atoms. The lowest BCUT2D eigenvalue weighted by atomic mass is 9.98. The highest BCUT2D eigenvalue weighted by Crippen LogP contribution is 2.10. The maximum Gasteiger partial charge on any atom is 0.194 e. The third-order valence-electron chi connectivity index (χ3n) is 3.32. The Bertz CT molecular complexity index is 221. The molecule has 86 valence electrons. The molecule has 0 radical (unpaired) electrons. The molecule has 1 fully saturated rings. The Balaban J connectivity index is 1.72. The smallest absolute Gasteiger partial charge is 0.194 e. The molecule has 0 amide bonds. The molecule has 1 saturated heterocycles. The first-order valence-corrected chi connectivity index (χ1v) is 6.14. The van der Waals surface area contributed by atoms with Crippen molar-refractivity contribution in [3.63, 3.8) is 0 Å². The summed E-state index contributed by atoms with van der Waals surface area (Å²) in [5, 5.41) is 6.89. The summed E-state index contributed by atoms with van der Waals surface area (Å²) in [6.45, 7) is 8.75. The van der Waals surface area contributed by atoms with Gasteiger partial charge in [0.25, 0.3) is 0 Å². The normalized spacial score (nSPS) is 23.0. The summed E-state index contributed by atoms with van der Waals surface area (Å²) in [5.41, 5.74) is 0. The van der Waals surface area contributed by atoms with E-state index in [2.05, 4.69) is 27.4 Å². The first-order chi connectivity index (χ1) is 7.40. The summed E-state index contributed by atoms with van der Waals surface area (Å²) in [4.78, 5) is 6.81. The molecule has 0 aromatic heterocycles. The molecular weight excluding hydrogens is 188 g/mol. The second kappa shape index (κ2) is 5.35. The maximum absolute atomic E-state index is 4.49. The van der Waals surface area contributed by atoms with Crippen LogP contribution < -0.4 is 10.6 Å². The standard InChI is InChI=1S/C11H22N4/c1-2-15-8-7-13-11(15)14-9-10-3-5-12-6-4-10/h10,12H,2-9H2,1H3,(H,13,14). The van der Waals surface area contributed by atoms with Gasteiger partial charge in [0.05, 0.1) is 6.54 Å². The Labute approximate surface area is 92.1 Å². The first-order valence-electron chi connectivity index (χ1n) is 6.14. The van der Waals surface area contributed by atoms with Crippen LogP contribution in [0.25, 0.3) is 0 Å². The molecule has 15 heavy (non-hydrogen) atoms. The number of piperidine rings is 1. The molecule has 2 rings (SSSR count). The lowest BCUT2D eigenvalue weighted by molar-refractivity contribution is 0.365. The molecule has 4 nitrogen and oxygen atoms in total. The van der Waals surface area contributed by atoms with Crippen molar-refractivity contribution in [1.29, 1.82) is 0 Å². The maximum atomic E-state index is 4.49. The van der Waals surface area contributed by atoms with Gasteiger partial charge in [0.15, 0.2) is 5.96 Å². The number of hydrogen-bond acceptors (Lipinski definition) is 4. The van der Waals surface area contributed by atoms with Crippen LogP contribution >= 0.6 is 0 Å². The second-order valence-electron chi connectivity index (χ2n) is 4.36. The summed E-state index contributed by atoms with van der Waals surface area (Å²) in [6.07, 6.45) is 2.60. The highest BCUT2D eigenvalue weighted by atomic mass is 15.3. The second-order valence-corrected chi connectivity index (χ2v) is 4.36. The number of guanidine groups is 1. The number of aliphatic imine (C=N–C) groups is 1. The van der Waals surface area contributed by atoms with Gasteiger partial charge in [-0.25, -0.2) is 0 Å². The van der Waals surface area contributed by atoms with Crippen LogP contribution in [0.3, 0.4) is 0 Å². The Morgan fingerprint density at radius 1 is 1.47 bits per heavy atom. The molecule has 2 heterocycles. The van der Waals surface area contributed by atoms with E-state index in [0.717, 1.165) is 38.1 Å². The number of nitrogens with zero attached hydrogens (tertiary/aromatic N) is 2. The number of likely N-dealkylation sites (N-methyl/N-ethyl adjacent to an activating group) is 1. The summed E-state index contributed by atoms with van der Waals surface area (Å²) in [6, 6.07) is 0. The van der Waals surface area contributed by atoms with Gasteiger partial charge >= 0.3 is 0 Å². The van der Waals surface area contributed by atoms with Crippen molar-refractivity contribution in [2.24, 2.45) is 10.9 Å². The van der Waals surface area contributed by atoms with Crippen molar-refractivity contribution in [1.82, 2.24) is 15.5 Å². The quantitative estimate of drug-likeness (QED) is 0.702. The van der Waals surface area contributed by atoms with Crippen molar-refractivity contribution < 1.29 is 0 Å². The van der Waals surface area contributed by atoms with Crippen LogP contribution in [-0.4, -0.2) is 50.1 Å². The fraction of sp³-hybridized carbons (Fsp3) is 0.909. The van der Waals surface area contributed by atoms with Gasteiger partial charge in [-0.3, -0.25) is 4.99 Å². The molecule has 0 aliphatic carbocycles. The minimum atomic E-state index is 0.827. The first kappa shape index (κ1) is 10.7. The minimum Gasteiger partial charge on any atom is -0.356 e. The molecule has 0 saturated carbocycles. The number of hydrogen-bond donors (Lipinski definition) is 2. The van der Waals surface area contributed by atoms with Gasteiger partial charge in [-0.05, 0) is 38.8 Å². The summed E-state index contributed by atoms with van der Waals surface area (Å²) >= 11 is 0. The van der Waals surface area contributed by atoms with Crippen LogP contribution in [0.4, 0.5) is 0 Å². The van der Waals surface area contributed by atoms with Crippen LogP contribution in [0, 0.1) is 5.92 Å². The van der Waals surface area contributed by atoms with Crippen molar-refractivity contribution in [3.05, 3.63) is 0 Å². The van der Waals surface area contributed by atoms with E-state index in [-0.39, 0.29) is 0 Å². The van der Waals surface area contributed by atoms with Crippen molar-refractivity contribution in [2.45, 2.75) is 19.8 Å². The zero-order valence-electron chi connectivity index (χ0n) is 9.63. The molecular formula is C11H22N4. The fourth-order valence-electron chi connectivity index (χ4n) is 2.28. The van der Waals surface area contributed by atoms with E-state index in [0.29, 0.717) is 0 Å². The zero-order chi connectivity index (χ0) is 10.5. The zero-order valence-corrected chi connectivity index (χ0v) is 9.63. The van der Waals surface area contributed by atoms with Crippen LogP contribution in [0.1, 0.15) is 19.8 Å². The van der Waals surface area contributed by atoms with Gasteiger partial charge in [0.2, 0.25) is 0 Å². The third-order valence-corrected chi connectivity index (χ3v) is 3.32. The lowest BCUT2D eigenvalue weighted by Crippen LogP contribution is -2.42. The average molecular weight is 210 g/mol. The number of nitrogens with one attached hydrogen (secondary N) is 2. The van der Waals surface area contributed by atoms with Crippen molar-refractivity contribution >= 4 is 5.96 Å². The Morgan fingerprint density at radius 2 is 2.27 bits per heavy atom.